The summed E-state index contributed by atoms with van der Waals surface area (Å²) in [5.74, 6) is 0. The maximum Gasteiger partial charge on any atom is 0.105 e. The van der Waals surface area contributed by atoms with Crippen LogP contribution in [-0.2, 0) is 0 Å². The smallest absolute Gasteiger partial charge is 0.105 e. The predicted molar refractivity (Wildman–Crippen MR) is 105 cm³/mol. The van der Waals surface area contributed by atoms with Crippen molar-refractivity contribution in [1.29, 1.82) is 0 Å². The Morgan fingerprint density at radius 3 is 2.28 bits per heavy atom. The molecule has 1 nitrogen and oxygen atoms in total. The van der Waals surface area contributed by atoms with Crippen LogP contribution in [0.15, 0.2) is 84.0 Å². The molecule has 1 N–H and O–H groups in total. The molecule has 0 heterocycles. The third-order valence-corrected chi connectivity index (χ3v) is 5.08. The first-order valence-electron chi connectivity index (χ1n) is 8.77. The minimum atomic E-state index is -0.636. The lowest BCUT2D eigenvalue weighted by atomic mass is 9.87. The fraction of sp³-hybridized carbons (Fsp3) is 0.167. The van der Waals surface area contributed by atoms with E-state index in [0.717, 1.165) is 28.3 Å². The Bertz CT molecular complexity index is 993. The normalized spacial score (nSPS) is 15.6. The highest BCUT2D eigenvalue weighted by Crippen LogP contribution is 2.40. The average molecular weight is 326 g/mol. The molecule has 0 amide bonds. The number of aliphatic hydroxyl groups is 1. The Hall–Kier alpha value is -2.64. The predicted octanol–water partition coefficient (Wildman–Crippen LogP) is 6.05. The van der Waals surface area contributed by atoms with Gasteiger partial charge in [0.2, 0.25) is 0 Å². The van der Waals surface area contributed by atoms with Crippen LogP contribution in [-0.4, -0.2) is 5.11 Å². The summed E-state index contributed by atoms with van der Waals surface area (Å²) in [6.07, 6.45) is 2.57. The van der Waals surface area contributed by atoms with Crippen molar-refractivity contribution < 1.29 is 5.11 Å². The van der Waals surface area contributed by atoms with Crippen LogP contribution in [0.4, 0.5) is 0 Å². The Kier molecular flexibility index (Phi) is 4.03. The molecule has 0 saturated heterocycles. The summed E-state index contributed by atoms with van der Waals surface area (Å²) in [7, 11) is 0. The Labute approximate surface area is 148 Å². The van der Waals surface area contributed by atoms with Crippen molar-refractivity contribution in [1.82, 2.24) is 0 Å². The molecule has 4 rings (SSSR count). The summed E-state index contributed by atoms with van der Waals surface area (Å²) in [5, 5.41) is 13.5. The van der Waals surface area contributed by atoms with Gasteiger partial charge >= 0.3 is 0 Å². The minimum absolute atomic E-state index is 0.636. The van der Waals surface area contributed by atoms with Crippen LogP contribution in [0.3, 0.4) is 0 Å². The van der Waals surface area contributed by atoms with E-state index in [4.69, 9.17) is 0 Å². The van der Waals surface area contributed by atoms with Crippen LogP contribution in [0.25, 0.3) is 16.3 Å². The highest BCUT2D eigenvalue weighted by molar-refractivity contribution is 5.92. The fourth-order valence-electron chi connectivity index (χ4n) is 3.89. The van der Waals surface area contributed by atoms with Gasteiger partial charge in [0.15, 0.2) is 0 Å². The van der Waals surface area contributed by atoms with Gasteiger partial charge < -0.3 is 5.11 Å². The highest BCUT2D eigenvalue weighted by Gasteiger charge is 2.22. The molecule has 25 heavy (non-hydrogen) atoms. The maximum absolute atomic E-state index is 11.2. The first-order chi connectivity index (χ1) is 12.1. The Morgan fingerprint density at radius 1 is 0.840 bits per heavy atom. The van der Waals surface area contributed by atoms with Crippen LogP contribution in [0.2, 0.25) is 0 Å². The van der Waals surface area contributed by atoms with Crippen molar-refractivity contribution >= 4 is 16.3 Å². The fourth-order valence-corrected chi connectivity index (χ4v) is 3.89. The second kappa shape index (κ2) is 6.34. The van der Waals surface area contributed by atoms with Crippen LogP contribution in [0, 0.1) is 0 Å². The third kappa shape index (κ3) is 2.81. The number of allylic oxidation sites excluding steroid dienone is 4. The quantitative estimate of drug-likeness (QED) is 0.621. The first-order valence-corrected chi connectivity index (χ1v) is 8.77. The summed E-state index contributed by atoms with van der Waals surface area (Å²) in [5.41, 5.74) is 7.12. The number of hydrogen-bond donors (Lipinski definition) is 1. The summed E-state index contributed by atoms with van der Waals surface area (Å²) >= 11 is 0. The van der Waals surface area contributed by atoms with Crippen LogP contribution in [0.5, 0.6) is 0 Å². The molecule has 0 aromatic heterocycles. The van der Waals surface area contributed by atoms with Gasteiger partial charge in [-0.1, -0.05) is 78.4 Å². The lowest BCUT2D eigenvalue weighted by Crippen LogP contribution is -2.05. The van der Waals surface area contributed by atoms with E-state index in [0.29, 0.717) is 0 Å². The molecular formula is C24H22O. The second-order valence-corrected chi connectivity index (χ2v) is 6.89. The Morgan fingerprint density at radius 2 is 1.56 bits per heavy atom. The number of fused-ring (bicyclic) bond motifs is 1. The van der Waals surface area contributed by atoms with E-state index >= 15 is 0 Å². The van der Waals surface area contributed by atoms with Gasteiger partial charge in [0, 0.05) is 5.56 Å². The molecule has 1 atom stereocenters. The first kappa shape index (κ1) is 15.9. The molecule has 3 aromatic carbocycles. The van der Waals surface area contributed by atoms with E-state index in [2.05, 4.69) is 44.2 Å². The van der Waals surface area contributed by atoms with Crippen molar-refractivity contribution in [2.75, 3.05) is 0 Å². The van der Waals surface area contributed by atoms with Crippen molar-refractivity contribution in [2.24, 2.45) is 0 Å². The lowest BCUT2D eigenvalue weighted by molar-refractivity contribution is 0.221. The van der Waals surface area contributed by atoms with Crippen LogP contribution >= 0.6 is 0 Å². The van der Waals surface area contributed by atoms with E-state index in [1.807, 2.05) is 42.5 Å². The summed E-state index contributed by atoms with van der Waals surface area (Å²) in [6, 6.07) is 22.6. The SMILES string of the molecule is CC1=CC(C)=C(c2ccc3ccccc3c2C(O)c2ccccc2)C1. The van der Waals surface area contributed by atoms with E-state index in [9.17, 15) is 5.11 Å². The molecule has 1 aliphatic carbocycles. The van der Waals surface area contributed by atoms with Crippen molar-refractivity contribution in [3.05, 3.63) is 101 Å². The standard InChI is InChI=1S/C24H22O/c1-16-14-17(2)22(15-16)21-13-12-18-8-6-7-11-20(18)23(21)24(25)19-9-4-3-5-10-19/h3-14,24-25H,15H2,1-2H3. The van der Waals surface area contributed by atoms with Crippen LogP contribution in [0.1, 0.15) is 43.1 Å². The molecule has 0 aliphatic heterocycles. The van der Waals surface area contributed by atoms with E-state index in [1.165, 1.54) is 22.3 Å². The molecule has 0 bridgehead atoms. The van der Waals surface area contributed by atoms with Gasteiger partial charge in [-0.25, -0.2) is 0 Å². The van der Waals surface area contributed by atoms with Gasteiger partial charge in [-0.15, -0.1) is 0 Å². The maximum atomic E-state index is 11.2. The zero-order valence-electron chi connectivity index (χ0n) is 14.7. The molecule has 0 fully saturated rings. The topological polar surface area (TPSA) is 20.2 Å². The molecular weight excluding hydrogens is 304 g/mol. The molecule has 1 unspecified atom stereocenters. The van der Waals surface area contributed by atoms with E-state index in [-0.39, 0.29) is 0 Å². The summed E-state index contributed by atoms with van der Waals surface area (Å²) in [6.45, 7) is 4.34. The molecule has 0 radical (unpaired) electrons. The number of benzene rings is 3. The number of aliphatic hydroxyl groups excluding tert-OH is 1. The zero-order valence-corrected chi connectivity index (χ0v) is 14.7. The summed E-state index contributed by atoms with van der Waals surface area (Å²) < 4.78 is 0. The van der Waals surface area contributed by atoms with Gasteiger partial charge in [-0.3, -0.25) is 0 Å². The molecule has 1 aliphatic rings. The lowest BCUT2D eigenvalue weighted by Gasteiger charge is -2.20. The molecule has 0 saturated carbocycles. The molecule has 3 aromatic rings. The second-order valence-electron chi connectivity index (χ2n) is 6.89. The number of hydrogen-bond acceptors (Lipinski definition) is 1. The van der Waals surface area contributed by atoms with Crippen molar-refractivity contribution in [3.8, 4) is 0 Å². The largest absolute Gasteiger partial charge is 0.384 e. The van der Waals surface area contributed by atoms with E-state index in [1.54, 1.807) is 0 Å². The van der Waals surface area contributed by atoms with Gasteiger partial charge in [-0.05, 0) is 53.3 Å². The van der Waals surface area contributed by atoms with Crippen LogP contribution < -0.4 is 0 Å². The molecule has 1 heteroatoms. The van der Waals surface area contributed by atoms with Gasteiger partial charge in [0.05, 0.1) is 0 Å². The van der Waals surface area contributed by atoms with Gasteiger partial charge in [0.1, 0.15) is 6.10 Å². The average Bonchev–Trinajstić information content (AvgIpc) is 2.99. The van der Waals surface area contributed by atoms with Crippen molar-refractivity contribution in [3.63, 3.8) is 0 Å². The Balaban J connectivity index is 1.97. The van der Waals surface area contributed by atoms with Crippen molar-refractivity contribution in [2.45, 2.75) is 26.4 Å². The zero-order chi connectivity index (χ0) is 17.4. The minimum Gasteiger partial charge on any atom is -0.384 e. The van der Waals surface area contributed by atoms with E-state index < -0.39 is 6.10 Å². The van der Waals surface area contributed by atoms with Gasteiger partial charge in [-0.2, -0.15) is 0 Å². The monoisotopic (exact) mass is 326 g/mol. The summed E-state index contributed by atoms with van der Waals surface area (Å²) in [4.78, 5) is 0. The third-order valence-electron chi connectivity index (χ3n) is 5.08. The number of rotatable bonds is 3. The molecule has 124 valence electrons. The van der Waals surface area contributed by atoms with Gasteiger partial charge in [0.25, 0.3) is 0 Å². The highest BCUT2D eigenvalue weighted by atomic mass is 16.3. The molecule has 0 spiro atoms.